The lowest BCUT2D eigenvalue weighted by molar-refractivity contribution is -0.152. The van der Waals surface area contributed by atoms with Gasteiger partial charge in [0.15, 0.2) is 0 Å². The van der Waals surface area contributed by atoms with Crippen molar-refractivity contribution in [3.63, 3.8) is 0 Å². The number of hydrogen-bond donors (Lipinski definition) is 4. The maximum Gasteiger partial charge on any atom is 0.335 e. The molecule has 2 aromatic rings. The van der Waals surface area contributed by atoms with E-state index in [-0.39, 0.29) is 13.2 Å². The summed E-state index contributed by atoms with van der Waals surface area (Å²) in [5.41, 5.74) is 5.42. The van der Waals surface area contributed by atoms with Gasteiger partial charge in [0.1, 0.15) is 16.4 Å². The summed E-state index contributed by atoms with van der Waals surface area (Å²) in [6, 6.07) is 13.7. The Hall–Kier alpha value is -3.24. The number of rotatable bonds is 13. The molecule has 0 radical (unpaired) electrons. The van der Waals surface area contributed by atoms with Gasteiger partial charge in [-0.1, -0.05) is 36.4 Å². The lowest BCUT2D eigenvalue weighted by atomic mass is 9.75. The van der Waals surface area contributed by atoms with Crippen LogP contribution in [0.3, 0.4) is 0 Å². The zero-order valence-electron chi connectivity index (χ0n) is 20.9. The number of nitrogens with two attached hydrogens (primary N) is 1. The van der Waals surface area contributed by atoms with Crippen LogP contribution in [-0.4, -0.2) is 63.8 Å². The van der Waals surface area contributed by atoms with E-state index in [0.29, 0.717) is 11.3 Å². The van der Waals surface area contributed by atoms with Crippen LogP contribution >= 0.6 is 7.60 Å². The lowest BCUT2D eigenvalue weighted by Gasteiger charge is -2.44. The van der Waals surface area contributed by atoms with Crippen LogP contribution in [0, 0.1) is 0 Å². The Morgan fingerprint density at radius 1 is 0.919 bits per heavy atom. The molecule has 37 heavy (non-hydrogen) atoms. The third kappa shape index (κ3) is 6.75. The summed E-state index contributed by atoms with van der Waals surface area (Å²) in [6.45, 7) is 2.68. The molecule has 0 aliphatic heterocycles. The fraction of sp³-hybridized carbons (Fsp3) is 0.400. The first-order chi connectivity index (χ1) is 17.3. The average molecular weight is 538 g/mol. The van der Waals surface area contributed by atoms with Gasteiger partial charge in [-0.2, -0.15) is 0 Å². The summed E-state index contributed by atoms with van der Waals surface area (Å²) >= 11 is 0. The minimum atomic E-state index is -5.56. The predicted octanol–water partition coefficient (Wildman–Crippen LogP) is 2.51. The molecule has 1 atom stereocenters. The first-order valence-electron chi connectivity index (χ1n) is 11.5. The number of benzene rings is 2. The molecule has 0 aromatic heterocycles. The maximum absolute atomic E-state index is 12.9. The standard InChI is InChI=1S/C25H32NO10P/c1-4-35-21(27)15-24(37(31,32)33,16-22(28)36-5-2)25(26,23(29)30)14-17-9-11-18(12-10-17)19-7-6-8-20(13-19)34-3/h6-13H,4-5,14-16,26H2,1-3H3,(H,29,30)(H2,31,32,33)/t25-/m0/s1. The van der Waals surface area contributed by atoms with Gasteiger partial charge in [0.25, 0.3) is 0 Å². The topological polar surface area (TPSA) is 183 Å². The van der Waals surface area contributed by atoms with E-state index in [1.54, 1.807) is 42.5 Å². The molecule has 202 valence electrons. The van der Waals surface area contributed by atoms with Gasteiger partial charge in [0.2, 0.25) is 0 Å². The Balaban J connectivity index is 2.59. The monoisotopic (exact) mass is 537 g/mol. The number of carboxylic acid groups (broad SMARTS) is 1. The molecule has 0 bridgehead atoms. The molecule has 0 heterocycles. The van der Waals surface area contributed by atoms with E-state index in [2.05, 4.69) is 0 Å². The van der Waals surface area contributed by atoms with Gasteiger partial charge in [-0.05, 0) is 42.7 Å². The van der Waals surface area contributed by atoms with E-state index in [9.17, 15) is 33.8 Å². The summed E-state index contributed by atoms with van der Waals surface area (Å²) in [4.78, 5) is 58.3. The van der Waals surface area contributed by atoms with Crippen molar-refractivity contribution in [1.82, 2.24) is 0 Å². The van der Waals surface area contributed by atoms with Crippen LogP contribution in [0.15, 0.2) is 48.5 Å². The van der Waals surface area contributed by atoms with Crippen LogP contribution < -0.4 is 10.5 Å². The van der Waals surface area contributed by atoms with Gasteiger partial charge in [0, 0.05) is 6.42 Å². The Morgan fingerprint density at radius 2 is 1.46 bits per heavy atom. The molecule has 2 aromatic carbocycles. The molecule has 2 rings (SSSR count). The smallest absolute Gasteiger partial charge is 0.335 e. The van der Waals surface area contributed by atoms with Crippen molar-refractivity contribution in [3.05, 3.63) is 54.1 Å². The fourth-order valence-electron chi connectivity index (χ4n) is 4.12. The zero-order chi connectivity index (χ0) is 27.9. The summed E-state index contributed by atoms with van der Waals surface area (Å²) in [6.07, 6.45) is -2.84. The van der Waals surface area contributed by atoms with Crippen LogP contribution in [0.5, 0.6) is 5.75 Å². The second kappa shape index (κ2) is 12.3. The largest absolute Gasteiger partial charge is 0.497 e. The van der Waals surface area contributed by atoms with E-state index in [0.717, 1.165) is 11.1 Å². The van der Waals surface area contributed by atoms with Gasteiger partial charge in [-0.3, -0.25) is 18.9 Å². The molecular formula is C25H32NO10P. The Bertz CT molecular complexity index is 1140. The minimum absolute atomic E-state index is 0.133. The third-order valence-electron chi connectivity index (χ3n) is 6.09. The van der Waals surface area contributed by atoms with Gasteiger partial charge >= 0.3 is 25.5 Å². The Morgan fingerprint density at radius 3 is 1.89 bits per heavy atom. The van der Waals surface area contributed by atoms with Gasteiger partial charge < -0.3 is 34.8 Å². The molecule has 0 saturated heterocycles. The van der Waals surface area contributed by atoms with Crippen molar-refractivity contribution >= 4 is 25.5 Å². The van der Waals surface area contributed by atoms with Crippen LogP contribution in [-0.2, 0) is 34.8 Å². The third-order valence-corrected chi connectivity index (χ3v) is 7.92. The highest BCUT2D eigenvalue weighted by atomic mass is 31.2. The lowest BCUT2D eigenvalue weighted by Crippen LogP contribution is -2.67. The number of ether oxygens (including phenoxy) is 3. The van der Waals surface area contributed by atoms with Crippen molar-refractivity contribution in [1.29, 1.82) is 0 Å². The second-order valence-electron chi connectivity index (χ2n) is 8.42. The minimum Gasteiger partial charge on any atom is -0.497 e. The second-order valence-corrected chi connectivity index (χ2v) is 10.4. The first kappa shape index (κ1) is 30.0. The highest BCUT2D eigenvalue weighted by molar-refractivity contribution is 7.54. The molecule has 0 fully saturated rings. The molecule has 0 saturated carbocycles. The van der Waals surface area contributed by atoms with Gasteiger partial charge in [-0.15, -0.1) is 0 Å². The molecule has 0 unspecified atom stereocenters. The van der Waals surface area contributed by atoms with E-state index >= 15 is 0 Å². The van der Waals surface area contributed by atoms with Crippen molar-refractivity contribution < 1.29 is 48.1 Å². The fourth-order valence-corrected chi connectivity index (χ4v) is 5.49. The molecular weight excluding hydrogens is 505 g/mol. The predicted molar refractivity (Wildman–Crippen MR) is 134 cm³/mol. The van der Waals surface area contributed by atoms with Crippen LogP contribution in [0.4, 0.5) is 0 Å². The Labute approximate surface area is 214 Å². The number of aliphatic carboxylic acids is 1. The van der Waals surface area contributed by atoms with Crippen molar-refractivity contribution in [2.24, 2.45) is 5.73 Å². The molecule has 0 amide bonds. The average Bonchev–Trinajstić information content (AvgIpc) is 2.83. The number of carbonyl (C=O) groups is 3. The molecule has 0 spiro atoms. The summed E-state index contributed by atoms with van der Waals surface area (Å²) in [5.74, 6) is -3.39. The highest BCUT2D eigenvalue weighted by Crippen LogP contribution is 2.60. The molecule has 12 heteroatoms. The highest BCUT2D eigenvalue weighted by Gasteiger charge is 2.66. The van der Waals surface area contributed by atoms with Crippen LogP contribution in [0.2, 0.25) is 0 Å². The van der Waals surface area contributed by atoms with Crippen molar-refractivity contribution in [2.45, 2.75) is 43.8 Å². The molecule has 0 aliphatic rings. The van der Waals surface area contributed by atoms with E-state index < -0.39 is 55.5 Å². The number of carbonyl (C=O) groups excluding carboxylic acids is 2. The Kier molecular flexibility index (Phi) is 10.00. The SMILES string of the molecule is CCOC(=O)CC(CC(=O)OCC)([C@](N)(Cc1ccc(-c2cccc(OC)c2)cc1)C(=O)O)P(=O)(O)O. The zero-order valence-corrected chi connectivity index (χ0v) is 21.8. The summed E-state index contributed by atoms with van der Waals surface area (Å²) in [5, 5.41) is 7.33. The maximum atomic E-state index is 12.9. The number of hydrogen-bond acceptors (Lipinski definition) is 8. The first-order valence-corrected chi connectivity index (χ1v) is 13.1. The molecule has 5 N–H and O–H groups in total. The van der Waals surface area contributed by atoms with Gasteiger partial charge in [-0.25, -0.2) is 0 Å². The van der Waals surface area contributed by atoms with Gasteiger partial charge in [0.05, 0.1) is 33.2 Å². The summed E-state index contributed by atoms with van der Waals surface area (Å²) < 4.78 is 27.8. The summed E-state index contributed by atoms with van der Waals surface area (Å²) in [7, 11) is -4.03. The number of esters is 2. The van der Waals surface area contributed by atoms with E-state index in [1.807, 2.05) is 6.07 Å². The normalized spacial score (nSPS) is 13.4. The van der Waals surface area contributed by atoms with Crippen molar-refractivity contribution in [3.8, 4) is 16.9 Å². The molecule has 0 aliphatic carbocycles. The van der Waals surface area contributed by atoms with Crippen molar-refractivity contribution in [2.75, 3.05) is 20.3 Å². The molecule has 11 nitrogen and oxygen atoms in total. The number of methoxy groups -OCH3 is 1. The van der Waals surface area contributed by atoms with Crippen LogP contribution in [0.1, 0.15) is 32.3 Å². The van der Waals surface area contributed by atoms with E-state index in [1.165, 1.54) is 21.0 Å². The van der Waals surface area contributed by atoms with Crippen LogP contribution in [0.25, 0.3) is 11.1 Å². The van der Waals surface area contributed by atoms with E-state index in [4.69, 9.17) is 19.9 Å². The quantitative estimate of drug-likeness (QED) is 0.217. The number of carboxylic acids is 1.